The van der Waals surface area contributed by atoms with E-state index in [1.807, 2.05) is 0 Å². The van der Waals surface area contributed by atoms with E-state index in [1.165, 1.54) is 12.3 Å². The van der Waals surface area contributed by atoms with Crippen molar-refractivity contribution in [3.8, 4) is 0 Å². The summed E-state index contributed by atoms with van der Waals surface area (Å²) in [7, 11) is 0. The van der Waals surface area contributed by atoms with Crippen LogP contribution in [0.25, 0.3) is 0 Å². The molecule has 72 valence electrons. The maximum absolute atomic E-state index is 10.5. The molecule has 0 aromatic carbocycles. The molecule has 14 heavy (non-hydrogen) atoms. The average Bonchev–Trinajstić information content (AvgIpc) is 2.21. The molecule has 0 saturated heterocycles. The normalized spacial score (nSPS) is 11.0. The smallest absolute Gasteiger partial charge is 0.150 e. The summed E-state index contributed by atoms with van der Waals surface area (Å²) < 4.78 is 0. The van der Waals surface area contributed by atoms with Gasteiger partial charge in [0.2, 0.25) is 0 Å². The minimum Gasteiger partial charge on any atom is -0.298 e. The van der Waals surface area contributed by atoms with E-state index in [1.54, 1.807) is 12.2 Å². The second-order valence-corrected chi connectivity index (χ2v) is 2.52. The summed E-state index contributed by atoms with van der Waals surface area (Å²) in [6, 6.07) is 0. The van der Waals surface area contributed by atoms with Crippen LogP contribution >= 0.6 is 0 Å². The van der Waals surface area contributed by atoms with Crippen LogP contribution in [0, 0.1) is 0 Å². The number of rotatable bonds is 6. The van der Waals surface area contributed by atoms with E-state index in [0.717, 1.165) is 0 Å². The van der Waals surface area contributed by atoms with Crippen molar-refractivity contribution in [1.82, 2.24) is 0 Å². The molecule has 0 aliphatic heterocycles. The zero-order valence-electron chi connectivity index (χ0n) is 8.07. The molecule has 0 spiro atoms. The topological polar surface area (TPSA) is 29.4 Å². The van der Waals surface area contributed by atoms with Gasteiger partial charge in [-0.25, -0.2) is 0 Å². The Kier molecular flexibility index (Phi) is 5.63. The van der Waals surface area contributed by atoms with Crippen LogP contribution < -0.4 is 0 Å². The van der Waals surface area contributed by atoms with E-state index in [9.17, 15) is 4.79 Å². The first-order valence-corrected chi connectivity index (χ1v) is 3.95. The molecule has 0 aliphatic carbocycles. The van der Waals surface area contributed by atoms with Crippen LogP contribution in [0.15, 0.2) is 65.9 Å². The standard InChI is InChI=1S/C12H13NO/c1-5-12(9-14)8-11(3)10(2)6-7-13-4/h5-9H,1-4H2/b7-6-,12-8+. The third-order valence-corrected chi connectivity index (χ3v) is 1.51. The van der Waals surface area contributed by atoms with E-state index in [-0.39, 0.29) is 0 Å². The van der Waals surface area contributed by atoms with Crippen molar-refractivity contribution in [3.05, 3.63) is 60.9 Å². The molecular formula is C12H13NO. The number of hydrogen-bond acceptors (Lipinski definition) is 2. The third kappa shape index (κ3) is 4.16. The number of carbonyl (C=O) groups is 1. The Morgan fingerprint density at radius 3 is 2.29 bits per heavy atom. The van der Waals surface area contributed by atoms with Crippen molar-refractivity contribution in [2.45, 2.75) is 0 Å². The fourth-order valence-corrected chi connectivity index (χ4v) is 0.685. The van der Waals surface area contributed by atoms with Gasteiger partial charge >= 0.3 is 0 Å². The lowest BCUT2D eigenvalue weighted by Crippen LogP contribution is -1.83. The molecule has 0 heterocycles. The molecule has 0 amide bonds. The van der Waals surface area contributed by atoms with Crippen LogP contribution in [0.5, 0.6) is 0 Å². The van der Waals surface area contributed by atoms with Gasteiger partial charge in [-0.1, -0.05) is 25.8 Å². The highest BCUT2D eigenvalue weighted by Gasteiger charge is 1.94. The molecule has 2 heteroatoms. The maximum atomic E-state index is 10.5. The molecule has 0 fully saturated rings. The summed E-state index contributed by atoms with van der Waals surface area (Å²) >= 11 is 0. The summed E-state index contributed by atoms with van der Waals surface area (Å²) in [5.74, 6) is 0. The molecule has 0 radical (unpaired) electrons. The highest BCUT2D eigenvalue weighted by Crippen LogP contribution is 2.10. The Balaban J connectivity index is 4.63. The van der Waals surface area contributed by atoms with E-state index in [0.29, 0.717) is 23.0 Å². The number of allylic oxidation sites excluding steroid dienone is 6. The molecule has 0 aliphatic rings. The number of aldehydes is 1. The molecule has 0 aromatic rings. The predicted molar refractivity (Wildman–Crippen MR) is 61.3 cm³/mol. The molecule has 0 rings (SSSR count). The van der Waals surface area contributed by atoms with Gasteiger partial charge in [-0.05, 0) is 30.0 Å². The van der Waals surface area contributed by atoms with Gasteiger partial charge in [0.15, 0.2) is 0 Å². The van der Waals surface area contributed by atoms with Crippen molar-refractivity contribution in [2.24, 2.45) is 4.99 Å². The number of aliphatic imine (C=N–C) groups is 1. The number of carbonyl (C=O) groups excluding carboxylic acids is 1. The molecule has 0 atom stereocenters. The summed E-state index contributed by atoms with van der Waals surface area (Å²) in [4.78, 5) is 14.0. The van der Waals surface area contributed by atoms with Crippen LogP contribution in [-0.2, 0) is 4.79 Å². The van der Waals surface area contributed by atoms with Crippen molar-refractivity contribution < 1.29 is 4.79 Å². The van der Waals surface area contributed by atoms with Crippen LogP contribution in [0.2, 0.25) is 0 Å². The van der Waals surface area contributed by atoms with E-state index < -0.39 is 0 Å². The lowest BCUT2D eigenvalue weighted by Gasteiger charge is -1.98. The lowest BCUT2D eigenvalue weighted by atomic mass is 10.1. The van der Waals surface area contributed by atoms with E-state index >= 15 is 0 Å². The third-order valence-electron chi connectivity index (χ3n) is 1.51. The zero-order valence-corrected chi connectivity index (χ0v) is 8.07. The van der Waals surface area contributed by atoms with Crippen molar-refractivity contribution in [2.75, 3.05) is 0 Å². The minimum absolute atomic E-state index is 0.469. The van der Waals surface area contributed by atoms with Crippen LogP contribution in [0.3, 0.4) is 0 Å². The number of hydrogen-bond donors (Lipinski definition) is 0. The maximum Gasteiger partial charge on any atom is 0.150 e. The fourth-order valence-electron chi connectivity index (χ4n) is 0.685. The predicted octanol–water partition coefficient (Wildman–Crippen LogP) is 2.62. The molecule has 0 N–H and O–H groups in total. The molecule has 0 aromatic heterocycles. The van der Waals surface area contributed by atoms with Crippen molar-refractivity contribution in [1.29, 1.82) is 0 Å². The Labute approximate surface area is 84.4 Å². The Morgan fingerprint density at radius 2 is 1.86 bits per heavy atom. The summed E-state index contributed by atoms with van der Waals surface area (Å²) in [6.45, 7) is 14.3. The van der Waals surface area contributed by atoms with Gasteiger partial charge in [0, 0.05) is 11.8 Å². The van der Waals surface area contributed by atoms with Gasteiger partial charge in [-0.3, -0.25) is 9.79 Å². The summed E-state index contributed by atoms with van der Waals surface area (Å²) in [6.07, 6.45) is 6.95. The van der Waals surface area contributed by atoms with Crippen LogP contribution in [0.4, 0.5) is 0 Å². The summed E-state index contributed by atoms with van der Waals surface area (Å²) in [5.41, 5.74) is 1.79. The number of nitrogens with zero attached hydrogens (tertiary/aromatic N) is 1. The van der Waals surface area contributed by atoms with Gasteiger partial charge in [0.1, 0.15) is 6.29 Å². The second-order valence-electron chi connectivity index (χ2n) is 2.52. The van der Waals surface area contributed by atoms with E-state index in [2.05, 4.69) is 31.4 Å². The van der Waals surface area contributed by atoms with Gasteiger partial charge in [0.25, 0.3) is 0 Å². The first-order chi connectivity index (χ1) is 6.65. The van der Waals surface area contributed by atoms with Gasteiger partial charge in [-0.15, -0.1) is 0 Å². The Hall–Kier alpha value is -1.96. The molecule has 2 nitrogen and oxygen atoms in total. The first-order valence-electron chi connectivity index (χ1n) is 3.95. The summed E-state index contributed by atoms with van der Waals surface area (Å²) in [5, 5.41) is 0. The van der Waals surface area contributed by atoms with Gasteiger partial charge in [-0.2, -0.15) is 0 Å². The van der Waals surface area contributed by atoms with Crippen molar-refractivity contribution in [3.63, 3.8) is 0 Å². The second kappa shape index (κ2) is 6.54. The largest absolute Gasteiger partial charge is 0.298 e. The molecular weight excluding hydrogens is 174 g/mol. The molecule has 0 unspecified atom stereocenters. The van der Waals surface area contributed by atoms with E-state index in [4.69, 9.17) is 0 Å². The highest BCUT2D eigenvalue weighted by molar-refractivity contribution is 5.78. The molecule has 0 bridgehead atoms. The van der Waals surface area contributed by atoms with Crippen molar-refractivity contribution >= 4 is 13.0 Å². The van der Waals surface area contributed by atoms with Gasteiger partial charge in [0.05, 0.1) is 0 Å². The Bertz CT molecular complexity index is 322. The SMILES string of the molecule is C=C/C(C=O)=C\C(=C)C(=C)/C=C\N=C. The monoisotopic (exact) mass is 187 g/mol. The van der Waals surface area contributed by atoms with Crippen LogP contribution in [0.1, 0.15) is 0 Å². The quantitative estimate of drug-likeness (QED) is 0.272. The fraction of sp³-hybridized carbons (Fsp3) is 0. The zero-order chi connectivity index (χ0) is 11.0. The van der Waals surface area contributed by atoms with Crippen LogP contribution in [-0.4, -0.2) is 13.0 Å². The molecule has 0 saturated carbocycles. The first kappa shape index (κ1) is 12.0. The minimum atomic E-state index is 0.469. The Morgan fingerprint density at radius 1 is 1.21 bits per heavy atom. The average molecular weight is 187 g/mol. The highest BCUT2D eigenvalue weighted by atomic mass is 16.1. The lowest BCUT2D eigenvalue weighted by molar-refractivity contribution is -0.104. The van der Waals surface area contributed by atoms with Gasteiger partial charge < -0.3 is 0 Å².